The Morgan fingerprint density at radius 3 is 2.15 bits per heavy atom. The molecule has 1 amide bonds. The van der Waals surface area contributed by atoms with E-state index in [9.17, 15) is 4.79 Å². The third-order valence-corrected chi connectivity index (χ3v) is 4.19. The van der Waals surface area contributed by atoms with E-state index >= 15 is 0 Å². The van der Waals surface area contributed by atoms with Crippen LogP contribution in [0.3, 0.4) is 0 Å². The summed E-state index contributed by atoms with van der Waals surface area (Å²) in [6.45, 7) is 3.84. The van der Waals surface area contributed by atoms with Gasteiger partial charge in [-0.1, -0.05) is 60.7 Å². The molecule has 0 spiro atoms. The Bertz CT molecular complexity index is 817. The van der Waals surface area contributed by atoms with Gasteiger partial charge in [-0.3, -0.25) is 4.79 Å². The quantitative estimate of drug-likeness (QED) is 0.695. The molecule has 2 aromatic carbocycles. The molecule has 0 saturated carbocycles. The molecule has 1 N–H and O–H groups in total. The predicted molar refractivity (Wildman–Crippen MR) is 106 cm³/mol. The first-order valence-corrected chi connectivity index (χ1v) is 8.83. The molecule has 1 heterocycles. The number of hydrogen-bond donors (Lipinski definition) is 1. The lowest BCUT2D eigenvalue weighted by Gasteiger charge is -2.23. The van der Waals surface area contributed by atoms with E-state index in [0.29, 0.717) is 12.2 Å². The average Bonchev–Trinajstić information content (AvgIpc) is 2.68. The Kier molecular flexibility index (Phi) is 5.99. The van der Waals surface area contributed by atoms with Gasteiger partial charge >= 0.3 is 0 Å². The summed E-state index contributed by atoms with van der Waals surface area (Å²) in [5, 5.41) is 2.86. The van der Waals surface area contributed by atoms with Crippen molar-refractivity contribution in [1.29, 1.82) is 0 Å². The topological polar surface area (TPSA) is 45.2 Å². The normalized spacial score (nSPS) is 10.3. The Balaban J connectivity index is 1.61. The minimum Gasteiger partial charge on any atom is -0.366 e. The van der Waals surface area contributed by atoms with Gasteiger partial charge in [0.2, 0.25) is 5.91 Å². The predicted octanol–water partition coefficient (Wildman–Crippen LogP) is 4.29. The average molecular weight is 345 g/mol. The maximum atomic E-state index is 12.1. The largest absolute Gasteiger partial charge is 0.366 e. The van der Waals surface area contributed by atoms with Gasteiger partial charge in [-0.25, -0.2) is 4.98 Å². The van der Waals surface area contributed by atoms with Gasteiger partial charge in [0.1, 0.15) is 5.82 Å². The van der Waals surface area contributed by atoms with E-state index in [1.165, 1.54) is 5.56 Å². The fraction of sp³-hybridized carbons (Fsp3) is 0.182. The summed E-state index contributed by atoms with van der Waals surface area (Å²) in [6, 6.07) is 23.9. The molecule has 132 valence electrons. The van der Waals surface area contributed by atoms with E-state index in [0.717, 1.165) is 24.3 Å². The highest BCUT2D eigenvalue weighted by atomic mass is 16.1. The summed E-state index contributed by atoms with van der Waals surface area (Å²) in [5.74, 6) is 0.513. The summed E-state index contributed by atoms with van der Waals surface area (Å²) in [6.07, 6.45) is 2.16. The highest BCUT2D eigenvalue weighted by molar-refractivity contribution is 5.91. The SMILES string of the molecule is CCN(Cc1ccccc1)c1ccc(NC(=O)Cc2ccccc2)nc1. The number of amides is 1. The van der Waals surface area contributed by atoms with Crippen LogP contribution >= 0.6 is 0 Å². The summed E-state index contributed by atoms with van der Waals surface area (Å²) >= 11 is 0. The van der Waals surface area contributed by atoms with E-state index in [-0.39, 0.29) is 5.91 Å². The van der Waals surface area contributed by atoms with E-state index in [1.54, 1.807) is 0 Å². The lowest BCUT2D eigenvalue weighted by molar-refractivity contribution is -0.115. The Morgan fingerprint density at radius 2 is 1.58 bits per heavy atom. The van der Waals surface area contributed by atoms with Crippen LogP contribution < -0.4 is 10.2 Å². The fourth-order valence-corrected chi connectivity index (χ4v) is 2.80. The first-order valence-electron chi connectivity index (χ1n) is 8.83. The van der Waals surface area contributed by atoms with E-state index in [4.69, 9.17) is 0 Å². The van der Waals surface area contributed by atoms with Crippen LogP contribution in [0.5, 0.6) is 0 Å². The third kappa shape index (κ3) is 4.93. The molecule has 0 saturated heterocycles. The minimum atomic E-state index is -0.0620. The Hall–Kier alpha value is -3.14. The number of carbonyl (C=O) groups is 1. The Labute approximate surface area is 154 Å². The number of benzene rings is 2. The van der Waals surface area contributed by atoms with Crippen molar-refractivity contribution in [3.8, 4) is 0 Å². The second-order valence-corrected chi connectivity index (χ2v) is 6.11. The zero-order chi connectivity index (χ0) is 18.2. The van der Waals surface area contributed by atoms with Crippen molar-refractivity contribution < 1.29 is 4.79 Å². The number of pyridine rings is 1. The number of aromatic nitrogens is 1. The molecule has 1 aromatic heterocycles. The smallest absolute Gasteiger partial charge is 0.229 e. The standard InChI is InChI=1S/C22H23N3O/c1-2-25(17-19-11-7-4-8-12-19)20-13-14-21(23-16-20)24-22(26)15-18-9-5-3-6-10-18/h3-14,16H,2,15,17H2,1H3,(H,23,24,26). The van der Waals surface area contributed by atoms with Gasteiger partial charge in [-0.15, -0.1) is 0 Å². The summed E-state index contributed by atoms with van der Waals surface area (Å²) in [7, 11) is 0. The molecule has 0 aliphatic heterocycles. The van der Waals surface area contributed by atoms with Crippen molar-refractivity contribution in [3.05, 3.63) is 90.1 Å². The monoisotopic (exact) mass is 345 g/mol. The molecule has 26 heavy (non-hydrogen) atoms. The third-order valence-electron chi connectivity index (χ3n) is 4.19. The molecule has 4 nitrogen and oxygen atoms in total. The van der Waals surface area contributed by atoms with Crippen LogP contribution in [0.1, 0.15) is 18.1 Å². The maximum Gasteiger partial charge on any atom is 0.229 e. The molecule has 0 unspecified atom stereocenters. The number of nitrogens with one attached hydrogen (secondary N) is 1. The van der Waals surface area contributed by atoms with Crippen molar-refractivity contribution in [2.24, 2.45) is 0 Å². The molecule has 3 rings (SSSR count). The van der Waals surface area contributed by atoms with Gasteiger partial charge in [-0.05, 0) is 30.2 Å². The fourth-order valence-electron chi connectivity index (χ4n) is 2.80. The number of nitrogens with zero attached hydrogens (tertiary/aromatic N) is 2. The molecule has 0 aliphatic carbocycles. The van der Waals surface area contributed by atoms with Gasteiger partial charge in [-0.2, -0.15) is 0 Å². The van der Waals surface area contributed by atoms with Crippen molar-refractivity contribution in [1.82, 2.24) is 4.98 Å². The van der Waals surface area contributed by atoms with Crippen LogP contribution in [-0.4, -0.2) is 17.4 Å². The molecule has 3 aromatic rings. The summed E-state index contributed by atoms with van der Waals surface area (Å²) in [4.78, 5) is 18.8. The van der Waals surface area contributed by atoms with Gasteiger partial charge in [0.15, 0.2) is 0 Å². The van der Waals surface area contributed by atoms with Crippen LogP contribution in [0.15, 0.2) is 79.0 Å². The van der Waals surface area contributed by atoms with Gasteiger partial charge < -0.3 is 10.2 Å². The molecule has 0 radical (unpaired) electrons. The minimum absolute atomic E-state index is 0.0620. The highest BCUT2D eigenvalue weighted by Gasteiger charge is 2.08. The van der Waals surface area contributed by atoms with Crippen LogP contribution in [-0.2, 0) is 17.8 Å². The molecule has 0 fully saturated rings. The van der Waals surface area contributed by atoms with Crippen LogP contribution in [0.25, 0.3) is 0 Å². The second kappa shape index (κ2) is 8.81. The number of carbonyl (C=O) groups excluding carboxylic acids is 1. The summed E-state index contributed by atoms with van der Waals surface area (Å²) < 4.78 is 0. The molecular formula is C22H23N3O. The zero-order valence-electron chi connectivity index (χ0n) is 14.9. The molecule has 4 heteroatoms. The van der Waals surface area contributed by atoms with Gasteiger partial charge in [0, 0.05) is 13.1 Å². The van der Waals surface area contributed by atoms with Crippen molar-refractivity contribution in [2.75, 3.05) is 16.8 Å². The maximum absolute atomic E-state index is 12.1. The number of hydrogen-bond acceptors (Lipinski definition) is 3. The summed E-state index contributed by atoms with van der Waals surface area (Å²) in [5.41, 5.74) is 3.29. The molecule has 0 bridgehead atoms. The van der Waals surface area contributed by atoms with E-state index in [1.807, 2.05) is 66.9 Å². The van der Waals surface area contributed by atoms with Crippen molar-refractivity contribution >= 4 is 17.4 Å². The van der Waals surface area contributed by atoms with Gasteiger partial charge in [0.05, 0.1) is 18.3 Å². The first-order chi connectivity index (χ1) is 12.7. The lowest BCUT2D eigenvalue weighted by Crippen LogP contribution is -2.22. The molecular weight excluding hydrogens is 322 g/mol. The first kappa shape index (κ1) is 17.7. The molecule has 0 aliphatic rings. The van der Waals surface area contributed by atoms with Crippen LogP contribution in [0.4, 0.5) is 11.5 Å². The number of anilines is 2. The zero-order valence-corrected chi connectivity index (χ0v) is 14.9. The van der Waals surface area contributed by atoms with E-state index in [2.05, 4.69) is 34.3 Å². The van der Waals surface area contributed by atoms with Crippen LogP contribution in [0, 0.1) is 0 Å². The van der Waals surface area contributed by atoms with Crippen molar-refractivity contribution in [2.45, 2.75) is 19.9 Å². The molecule has 0 atom stereocenters. The number of rotatable bonds is 7. The highest BCUT2D eigenvalue weighted by Crippen LogP contribution is 2.18. The van der Waals surface area contributed by atoms with Crippen molar-refractivity contribution in [3.63, 3.8) is 0 Å². The lowest BCUT2D eigenvalue weighted by atomic mass is 10.1. The van der Waals surface area contributed by atoms with E-state index < -0.39 is 0 Å². The van der Waals surface area contributed by atoms with Crippen LogP contribution in [0.2, 0.25) is 0 Å². The second-order valence-electron chi connectivity index (χ2n) is 6.11. The van der Waals surface area contributed by atoms with Gasteiger partial charge in [0.25, 0.3) is 0 Å². The Morgan fingerprint density at radius 1 is 0.923 bits per heavy atom.